The van der Waals surface area contributed by atoms with Gasteiger partial charge in [0, 0.05) is 36.4 Å². The maximum absolute atomic E-state index is 14.4. The summed E-state index contributed by atoms with van der Waals surface area (Å²) < 4.78 is 25.3. The normalized spacial score (nSPS) is 12.4. The highest BCUT2D eigenvalue weighted by Gasteiger charge is 2.18. The van der Waals surface area contributed by atoms with E-state index >= 15 is 0 Å². The molecule has 4 aromatic rings. The van der Waals surface area contributed by atoms with Crippen molar-refractivity contribution in [1.29, 1.82) is 0 Å². The summed E-state index contributed by atoms with van der Waals surface area (Å²) in [7, 11) is 1.67. The van der Waals surface area contributed by atoms with Gasteiger partial charge in [-0.1, -0.05) is 35.5 Å². The number of halogens is 1. The number of nitrogens with zero attached hydrogens (tertiary/aromatic N) is 3. The molecule has 0 bridgehead atoms. The van der Waals surface area contributed by atoms with Crippen LogP contribution in [0.15, 0.2) is 64.1 Å². The third-order valence-corrected chi connectivity index (χ3v) is 5.47. The lowest BCUT2D eigenvalue weighted by Gasteiger charge is -2.12. The van der Waals surface area contributed by atoms with Crippen LogP contribution in [0.4, 0.5) is 10.1 Å². The van der Waals surface area contributed by atoms with Crippen LogP contribution in [0.25, 0.3) is 34.0 Å². The number of aromatic nitrogens is 2. The largest absolute Gasteiger partial charge is 0.380 e. The van der Waals surface area contributed by atoms with Crippen LogP contribution in [0.5, 0.6) is 0 Å². The van der Waals surface area contributed by atoms with E-state index in [1.807, 2.05) is 30.3 Å². The minimum Gasteiger partial charge on any atom is -0.380 e. The Labute approximate surface area is 179 Å². The van der Waals surface area contributed by atoms with Gasteiger partial charge in [0.1, 0.15) is 5.82 Å². The predicted molar refractivity (Wildman–Crippen MR) is 118 cm³/mol. The molecule has 0 spiro atoms. The fourth-order valence-corrected chi connectivity index (χ4v) is 3.90. The number of benzene rings is 3. The Hall–Kier alpha value is -3.64. The molecule has 0 aliphatic carbocycles. The van der Waals surface area contributed by atoms with Gasteiger partial charge in [0.15, 0.2) is 0 Å². The summed E-state index contributed by atoms with van der Waals surface area (Å²) >= 11 is 0. The lowest BCUT2D eigenvalue weighted by molar-refractivity contribution is 0.185. The van der Waals surface area contributed by atoms with Crippen LogP contribution < -0.4 is 0 Å². The molecule has 1 aliphatic heterocycles. The van der Waals surface area contributed by atoms with Gasteiger partial charge in [0.2, 0.25) is 5.82 Å². The van der Waals surface area contributed by atoms with Crippen LogP contribution in [0.1, 0.15) is 16.7 Å². The number of aliphatic imine (C=N–C) groups is 1. The van der Waals surface area contributed by atoms with Gasteiger partial charge in [-0.3, -0.25) is 4.99 Å². The van der Waals surface area contributed by atoms with Gasteiger partial charge in [-0.05, 0) is 53.4 Å². The monoisotopic (exact) mass is 413 g/mol. The van der Waals surface area contributed by atoms with Crippen molar-refractivity contribution in [2.24, 2.45) is 4.99 Å². The second kappa shape index (κ2) is 7.89. The second-order valence-corrected chi connectivity index (χ2v) is 7.51. The minimum absolute atomic E-state index is 0.304. The Morgan fingerprint density at radius 3 is 2.74 bits per heavy atom. The third kappa shape index (κ3) is 3.55. The van der Waals surface area contributed by atoms with Gasteiger partial charge in [0.05, 0.1) is 12.3 Å². The van der Waals surface area contributed by atoms with Crippen molar-refractivity contribution in [3.05, 3.63) is 77.1 Å². The molecule has 5 nitrogen and oxygen atoms in total. The maximum atomic E-state index is 14.4. The number of aryl methyl sites for hydroxylation is 1. The molecule has 31 heavy (non-hydrogen) atoms. The highest BCUT2D eigenvalue weighted by atomic mass is 19.1. The molecular weight excluding hydrogens is 393 g/mol. The molecule has 5 rings (SSSR count). The van der Waals surface area contributed by atoms with Crippen LogP contribution in [0.3, 0.4) is 0 Å². The molecule has 0 fully saturated rings. The number of hydrogen-bond donors (Lipinski definition) is 0. The first-order valence-corrected chi connectivity index (χ1v) is 10.0. The van der Waals surface area contributed by atoms with E-state index in [0.717, 1.165) is 22.3 Å². The van der Waals surface area contributed by atoms with Gasteiger partial charge < -0.3 is 9.26 Å². The van der Waals surface area contributed by atoms with Crippen molar-refractivity contribution in [3.63, 3.8) is 0 Å². The van der Waals surface area contributed by atoms with E-state index < -0.39 is 0 Å². The molecular formula is C25H20FN3O2. The molecule has 0 unspecified atom stereocenters. The zero-order valence-corrected chi connectivity index (χ0v) is 17.2. The summed E-state index contributed by atoms with van der Waals surface area (Å²) in [6.45, 7) is 2.54. The fourth-order valence-electron chi connectivity index (χ4n) is 3.90. The molecule has 1 aliphatic rings. The molecule has 1 aromatic heterocycles. The number of rotatable bonds is 5. The Morgan fingerprint density at radius 2 is 1.90 bits per heavy atom. The van der Waals surface area contributed by atoms with E-state index in [1.165, 1.54) is 11.6 Å². The van der Waals surface area contributed by atoms with Crippen LogP contribution in [-0.4, -0.2) is 23.5 Å². The van der Waals surface area contributed by atoms with Crippen molar-refractivity contribution in [2.45, 2.75) is 20.0 Å². The lowest BCUT2D eigenvalue weighted by Crippen LogP contribution is -1.95. The summed E-state index contributed by atoms with van der Waals surface area (Å²) in [6, 6.07) is 17.4. The topological polar surface area (TPSA) is 60.5 Å². The first-order valence-electron chi connectivity index (χ1n) is 10.0. The van der Waals surface area contributed by atoms with E-state index in [9.17, 15) is 4.39 Å². The van der Waals surface area contributed by atoms with Gasteiger partial charge in [-0.25, -0.2) is 4.39 Å². The van der Waals surface area contributed by atoms with Gasteiger partial charge >= 0.3 is 0 Å². The zero-order valence-electron chi connectivity index (χ0n) is 17.2. The lowest BCUT2D eigenvalue weighted by atomic mass is 9.94. The summed E-state index contributed by atoms with van der Waals surface area (Å²) in [5, 5.41) is 4.06. The summed E-state index contributed by atoms with van der Waals surface area (Å²) in [6.07, 6.45) is 2.21. The number of hydrogen-bond acceptors (Lipinski definition) is 5. The quantitative estimate of drug-likeness (QED) is 0.407. The SMILES string of the molecule is COCc1cc(-c2nc(-c3cc(F)c4c(c3)N=CC4)no2)ccc1-c1ccccc1C. The molecule has 6 heteroatoms. The standard InChI is InChI=1S/C25H20FN3O2/c1-15-5-3-4-6-19(15)20-8-7-16(11-18(20)14-30-2)25-28-24(29-31-25)17-12-22(26)21-9-10-27-23(21)13-17/h3-8,10-13H,9,14H2,1-2H3. The molecule has 154 valence electrons. The molecule has 0 amide bonds. The first kappa shape index (κ1) is 19.3. The van der Waals surface area contributed by atoms with Crippen LogP contribution in [-0.2, 0) is 17.8 Å². The summed E-state index contributed by atoms with van der Waals surface area (Å²) in [4.78, 5) is 8.73. The number of fused-ring (bicyclic) bond motifs is 1. The maximum Gasteiger partial charge on any atom is 0.258 e. The summed E-state index contributed by atoms with van der Waals surface area (Å²) in [5.41, 5.74) is 7.00. The highest BCUT2D eigenvalue weighted by Crippen LogP contribution is 2.34. The smallest absolute Gasteiger partial charge is 0.258 e. The Kier molecular flexibility index (Phi) is 4.92. The average molecular weight is 413 g/mol. The van der Waals surface area contributed by atoms with E-state index in [1.54, 1.807) is 19.4 Å². The molecule has 0 atom stereocenters. The highest BCUT2D eigenvalue weighted by molar-refractivity contribution is 5.79. The van der Waals surface area contributed by atoms with Crippen LogP contribution in [0.2, 0.25) is 0 Å². The van der Waals surface area contributed by atoms with Gasteiger partial charge in [-0.15, -0.1) is 0 Å². The number of ether oxygens (including phenoxy) is 1. The molecule has 0 saturated carbocycles. The first-order chi connectivity index (χ1) is 15.1. The van der Waals surface area contributed by atoms with Gasteiger partial charge in [0.25, 0.3) is 5.89 Å². The van der Waals surface area contributed by atoms with Crippen molar-refractivity contribution in [2.75, 3.05) is 7.11 Å². The molecule has 2 heterocycles. The summed E-state index contributed by atoms with van der Waals surface area (Å²) in [5.74, 6) is 0.393. The minimum atomic E-state index is -0.304. The van der Waals surface area contributed by atoms with Crippen molar-refractivity contribution in [1.82, 2.24) is 10.1 Å². The fraction of sp³-hybridized carbons (Fsp3) is 0.160. The Balaban J connectivity index is 1.53. The van der Waals surface area contributed by atoms with E-state index in [-0.39, 0.29) is 5.82 Å². The van der Waals surface area contributed by atoms with E-state index in [2.05, 4.69) is 34.2 Å². The zero-order chi connectivity index (χ0) is 21.4. The second-order valence-electron chi connectivity index (χ2n) is 7.51. The third-order valence-electron chi connectivity index (χ3n) is 5.47. The predicted octanol–water partition coefficient (Wildman–Crippen LogP) is 5.92. The van der Waals surface area contributed by atoms with Crippen LogP contribution in [0, 0.1) is 12.7 Å². The van der Waals surface area contributed by atoms with Crippen molar-refractivity contribution < 1.29 is 13.7 Å². The van der Waals surface area contributed by atoms with E-state index in [0.29, 0.717) is 41.6 Å². The Morgan fingerprint density at radius 1 is 1.03 bits per heavy atom. The average Bonchev–Trinajstić information content (AvgIpc) is 3.45. The Bertz CT molecular complexity index is 1310. The molecule has 0 radical (unpaired) electrons. The van der Waals surface area contributed by atoms with Gasteiger partial charge in [-0.2, -0.15) is 4.98 Å². The molecule has 0 N–H and O–H groups in total. The van der Waals surface area contributed by atoms with E-state index in [4.69, 9.17) is 9.26 Å². The molecule has 3 aromatic carbocycles. The van der Waals surface area contributed by atoms with Crippen molar-refractivity contribution >= 4 is 11.9 Å². The number of methoxy groups -OCH3 is 1. The van der Waals surface area contributed by atoms with Crippen LogP contribution >= 0.6 is 0 Å². The molecule has 0 saturated heterocycles. The van der Waals surface area contributed by atoms with Crippen molar-refractivity contribution in [3.8, 4) is 34.0 Å².